The van der Waals surface area contributed by atoms with Crippen molar-refractivity contribution in [1.29, 1.82) is 0 Å². The molecule has 0 bridgehead atoms. The molecule has 0 aliphatic heterocycles. The molecule has 2 saturated carbocycles. The summed E-state index contributed by atoms with van der Waals surface area (Å²) in [6, 6.07) is 6.54. The highest BCUT2D eigenvalue weighted by atomic mass is 35.5. The predicted molar refractivity (Wildman–Crippen MR) is 91.4 cm³/mol. The van der Waals surface area contributed by atoms with Crippen LogP contribution < -0.4 is 5.32 Å². The molecule has 1 aromatic carbocycles. The second-order valence-electron chi connectivity index (χ2n) is 7.50. The van der Waals surface area contributed by atoms with Gasteiger partial charge in [-0.3, -0.25) is 0 Å². The maximum absolute atomic E-state index is 6.52. The first-order chi connectivity index (χ1) is 9.95. The van der Waals surface area contributed by atoms with Crippen LogP contribution in [0.2, 0.25) is 10.0 Å². The molecule has 1 aromatic rings. The Morgan fingerprint density at radius 3 is 2.38 bits per heavy atom. The SMILES string of the molecule is CC(C)NCC1(c2ccc(Cl)cc2Cl)CC2(CCCC2)C1. The lowest BCUT2D eigenvalue weighted by Crippen LogP contribution is -2.54. The van der Waals surface area contributed by atoms with Gasteiger partial charge in [0.05, 0.1) is 0 Å². The maximum atomic E-state index is 6.52. The van der Waals surface area contributed by atoms with Crippen LogP contribution in [0.3, 0.4) is 0 Å². The average molecular weight is 326 g/mol. The minimum atomic E-state index is 0.205. The van der Waals surface area contributed by atoms with E-state index in [0.717, 1.165) is 16.6 Å². The molecule has 0 atom stereocenters. The summed E-state index contributed by atoms with van der Waals surface area (Å²) in [6.07, 6.45) is 8.18. The van der Waals surface area contributed by atoms with Crippen LogP contribution in [-0.2, 0) is 5.41 Å². The molecule has 0 aromatic heterocycles. The van der Waals surface area contributed by atoms with E-state index in [9.17, 15) is 0 Å². The molecule has 0 radical (unpaired) electrons. The molecule has 0 unspecified atom stereocenters. The van der Waals surface area contributed by atoms with E-state index in [1.165, 1.54) is 44.1 Å². The highest BCUT2D eigenvalue weighted by Crippen LogP contribution is 2.63. The molecule has 1 nitrogen and oxygen atoms in total. The summed E-state index contributed by atoms with van der Waals surface area (Å²) < 4.78 is 0. The average Bonchev–Trinajstić information content (AvgIpc) is 2.84. The van der Waals surface area contributed by atoms with E-state index < -0.39 is 0 Å². The van der Waals surface area contributed by atoms with Crippen molar-refractivity contribution in [3.8, 4) is 0 Å². The van der Waals surface area contributed by atoms with Gasteiger partial charge in [-0.2, -0.15) is 0 Å². The molecule has 21 heavy (non-hydrogen) atoms. The summed E-state index contributed by atoms with van der Waals surface area (Å²) >= 11 is 12.6. The van der Waals surface area contributed by atoms with Crippen molar-refractivity contribution in [2.45, 2.75) is 63.8 Å². The van der Waals surface area contributed by atoms with Gasteiger partial charge in [-0.05, 0) is 48.8 Å². The number of rotatable bonds is 4. The Hall–Kier alpha value is -0.240. The van der Waals surface area contributed by atoms with Crippen LogP contribution in [0.25, 0.3) is 0 Å². The lowest BCUT2D eigenvalue weighted by Gasteiger charge is -2.56. The van der Waals surface area contributed by atoms with Crippen molar-refractivity contribution in [2.24, 2.45) is 5.41 Å². The fourth-order valence-electron chi connectivity index (χ4n) is 4.59. The first-order valence-electron chi connectivity index (χ1n) is 8.14. The number of hydrogen-bond donors (Lipinski definition) is 1. The minimum Gasteiger partial charge on any atom is -0.314 e. The van der Waals surface area contributed by atoms with Gasteiger partial charge in [0, 0.05) is 28.0 Å². The summed E-state index contributed by atoms with van der Waals surface area (Å²) in [5.41, 5.74) is 2.09. The number of nitrogens with one attached hydrogen (secondary N) is 1. The summed E-state index contributed by atoms with van der Waals surface area (Å²) in [5.74, 6) is 0. The molecule has 3 heteroatoms. The summed E-state index contributed by atoms with van der Waals surface area (Å²) in [7, 11) is 0. The first-order valence-corrected chi connectivity index (χ1v) is 8.89. The van der Waals surface area contributed by atoms with Gasteiger partial charge in [0.15, 0.2) is 0 Å². The Balaban J connectivity index is 1.86. The first kappa shape index (κ1) is 15.6. The third-order valence-corrected chi connectivity index (χ3v) is 5.99. The molecule has 2 aliphatic rings. The van der Waals surface area contributed by atoms with Crippen molar-refractivity contribution in [3.63, 3.8) is 0 Å². The highest BCUT2D eigenvalue weighted by molar-refractivity contribution is 6.35. The standard InChI is InChI=1S/C18H25Cl2N/c1-13(2)21-12-18(10-17(11-18)7-3-4-8-17)15-6-5-14(19)9-16(15)20/h5-6,9,13,21H,3-4,7-8,10-12H2,1-2H3. The second-order valence-corrected chi connectivity index (χ2v) is 8.34. The molecule has 1 spiro atoms. The molecular weight excluding hydrogens is 301 g/mol. The highest BCUT2D eigenvalue weighted by Gasteiger charge is 2.56. The van der Waals surface area contributed by atoms with Crippen LogP contribution in [0.15, 0.2) is 18.2 Å². The summed E-state index contributed by atoms with van der Waals surface area (Å²) in [4.78, 5) is 0. The molecule has 0 saturated heterocycles. The molecule has 2 aliphatic carbocycles. The largest absolute Gasteiger partial charge is 0.314 e. The summed E-state index contributed by atoms with van der Waals surface area (Å²) in [5, 5.41) is 5.20. The van der Waals surface area contributed by atoms with E-state index in [1.807, 2.05) is 12.1 Å². The van der Waals surface area contributed by atoms with Gasteiger partial charge in [-0.1, -0.05) is 56.0 Å². The topological polar surface area (TPSA) is 12.0 Å². The number of hydrogen-bond acceptors (Lipinski definition) is 1. The zero-order chi connectivity index (χ0) is 15.1. The van der Waals surface area contributed by atoms with Crippen molar-refractivity contribution in [2.75, 3.05) is 6.54 Å². The van der Waals surface area contributed by atoms with Gasteiger partial charge in [0.25, 0.3) is 0 Å². The zero-order valence-corrected chi connectivity index (χ0v) is 14.5. The Labute approximate surface area is 138 Å². The molecule has 2 fully saturated rings. The Morgan fingerprint density at radius 2 is 1.81 bits per heavy atom. The fraction of sp³-hybridized carbons (Fsp3) is 0.667. The third kappa shape index (κ3) is 2.98. The van der Waals surface area contributed by atoms with E-state index >= 15 is 0 Å². The predicted octanol–water partition coefficient (Wildman–Crippen LogP) is 5.58. The number of halogens is 2. The van der Waals surface area contributed by atoms with Crippen LogP contribution in [0.5, 0.6) is 0 Å². The Kier molecular flexibility index (Phi) is 4.29. The molecular formula is C18H25Cl2N. The van der Waals surface area contributed by atoms with E-state index in [2.05, 4.69) is 25.2 Å². The molecule has 3 rings (SSSR count). The van der Waals surface area contributed by atoms with Gasteiger partial charge in [0.1, 0.15) is 0 Å². The second kappa shape index (κ2) is 5.76. The van der Waals surface area contributed by atoms with Crippen LogP contribution in [0.1, 0.15) is 57.9 Å². The normalized spacial score (nSPS) is 22.7. The molecule has 0 amide bonds. The van der Waals surface area contributed by atoms with Gasteiger partial charge in [0.2, 0.25) is 0 Å². The van der Waals surface area contributed by atoms with Crippen molar-refractivity contribution < 1.29 is 0 Å². The third-order valence-electron chi connectivity index (χ3n) is 5.44. The van der Waals surface area contributed by atoms with Gasteiger partial charge < -0.3 is 5.32 Å². The van der Waals surface area contributed by atoms with Crippen molar-refractivity contribution >= 4 is 23.2 Å². The molecule has 0 heterocycles. The minimum absolute atomic E-state index is 0.205. The lowest BCUT2D eigenvalue weighted by atomic mass is 9.49. The maximum Gasteiger partial charge on any atom is 0.0458 e. The van der Waals surface area contributed by atoms with Crippen LogP contribution in [0.4, 0.5) is 0 Å². The smallest absolute Gasteiger partial charge is 0.0458 e. The molecule has 1 N–H and O–H groups in total. The van der Waals surface area contributed by atoms with Gasteiger partial charge >= 0.3 is 0 Å². The zero-order valence-electron chi connectivity index (χ0n) is 13.0. The van der Waals surface area contributed by atoms with E-state index in [4.69, 9.17) is 23.2 Å². The van der Waals surface area contributed by atoms with E-state index in [1.54, 1.807) is 0 Å². The Morgan fingerprint density at radius 1 is 1.14 bits per heavy atom. The van der Waals surface area contributed by atoms with Crippen molar-refractivity contribution in [3.05, 3.63) is 33.8 Å². The lowest BCUT2D eigenvalue weighted by molar-refractivity contribution is 0.0258. The monoisotopic (exact) mass is 325 g/mol. The van der Waals surface area contributed by atoms with E-state index in [0.29, 0.717) is 11.5 Å². The quantitative estimate of drug-likeness (QED) is 0.761. The van der Waals surface area contributed by atoms with Crippen molar-refractivity contribution in [1.82, 2.24) is 5.32 Å². The van der Waals surface area contributed by atoms with E-state index in [-0.39, 0.29) is 5.41 Å². The number of benzene rings is 1. The fourth-order valence-corrected chi connectivity index (χ4v) is 5.20. The van der Waals surface area contributed by atoms with Gasteiger partial charge in [-0.25, -0.2) is 0 Å². The van der Waals surface area contributed by atoms with Crippen LogP contribution >= 0.6 is 23.2 Å². The Bertz CT molecular complexity index is 510. The van der Waals surface area contributed by atoms with Crippen LogP contribution in [0, 0.1) is 5.41 Å². The summed E-state index contributed by atoms with van der Waals surface area (Å²) in [6.45, 7) is 5.44. The van der Waals surface area contributed by atoms with Crippen LogP contribution in [-0.4, -0.2) is 12.6 Å². The van der Waals surface area contributed by atoms with Gasteiger partial charge in [-0.15, -0.1) is 0 Å². The molecule has 116 valence electrons.